The lowest BCUT2D eigenvalue weighted by molar-refractivity contribution is -0.144. The van der Waals surface area contributed by atoms with Crippen molar-refractivity contribution in [2.75, 3.05) is 13.7 Å². The van der Waals surface area contributed by atoms with Gasteiger partial charge < -0.3 is 19.5 Å². The molecule has 0 saturated carbocycles. The van der Waals surface area contributed by atoms with E-state index in [1.165, 1.54) is 7.11 Å². The van der Waals surface area contributed by atoms with Crippen LogP contribution in [0.3, 0.4) is 0 Å². The summed E-state index contributed by atoms with van der Waals surface area (Å²) in [7, 11) is 1.30. The average Bonchev–Trinajstić information content (AvgIpc) is 2.36. The molecular formula is C14H25NO5. The molecule has 0 aliphatic carbocycles. The van der Waals surface area contributed by atoms with E-state index in [4.69, 9.17) is 14.2 Å². The first-order valence-electron chi connectivity index (χ1n) is 7.01. The van der Waals surface area contributed by atoms with Crippen molar-refractivity contribution in [3.8, 4) is 0 Å². The van der Waals surface area contributed by atoms with Crippen molar-refractivity contribution in [1.82, 2.24) is 5.32 Å². The molecule has 1 saturated heterocycles. The summed E-state index contributed by atoms with van der Waals surface area (Å²) >= 11 is 0. The van der Waals surface area contributed by atoms with Gasteiger partial charge >= 0.3 is 12.1 Å². The van der Waals surface area contributed by atoms with Crippen molar-refractivity contribution in [3.63, 3.8) is 0 Å². The third-order valence-electron chi connectivity index (χ3n) is 2.95. The lowest BCUT2D eigenvalue weighted by Crippen LogP contribution is -2.46. The number of carbonyl (C=O) groups is 2. The first-order chi connectivity index (χ1) is 9.31. The van der Waals surface area contributed by atoms with Crippen LogP contribution in [0.2, 0.25) is 0 Å². The van der Waals surface area contributed by atoms with Gasteiger partial charge in [-0.3, -0.25) is 0 Å². The fourth-order valence-corrected chi connectivity index (χ4v) is 2.06. The van der Waals surface area contributed by atoms with Crippen molar-refractivity contribution in [2.45, 2.75) is 64.2 Å². The third kappa shape index (κ3) is 6.23. The van der Waals surface area contributed by atoms with Gasteiger partial charge in [-0.05, 0) is 40.0 Å². The number of nitrogens with one attached hydrogen (secondary N) is 1. The normalized spacial score (nSPS) is 20.9. The van der Waals surface area contributed by atoms with Crippen LogP contribution in [0.25, 0.3) is 0 Å². The minimum Gasteiger partial charge on any atom is -0.467 e. The summed E-state index contributed by atoms with van der Waals surface area (Å²) in [6, 6.07) is -0.738. The molecule has 0 bridgehead atoms. The van der Waals surface area contributed by atoms with Crippen LogP contribution in [0.15, 0.2) is 0 Å². The number of hydrogen-bond donors (Lipinski definition) is 1. The number of amides is 1. The molecular weight excluding hydrogens is 262 g/mol. The average molecular weight is 287 g/mol. The molecule has 2 atom stereocenters. The number of carbonyl (C=O) groups excluding carboxylic acids is 2. The maximum atomic E-state index is 11.7. The fourth-order valence-electron chi connectivity index (χ4n) is 2.06. The molecule has 1 heterocycles. The predicted molar refractivity (Wildman–Crippen MR) is 73.4 cm³/mol. The summed E-state index contributed by atoms with van der Waals surface area (Å²) in [5.74, 6) is -0.481. The maximum absolute atomic E-state index is 11.7. The molecule has 1 rings (SSSR count). The van der Waals surface area contributed by atoms with Crippen molar-refractivity contribution < 1.29 is 23.8 Å². The Bertz CT molecular complexity index is 331. The molecule has 2 unspecified atom stereocenters. The molecule has 1 amide bonds. The Morgan fingerprint density at radius 2 is 2.05 bits per heavy atom. The molecule has 0 aromatic carbocycles. The number of hydrogen-bond acceptors (Lipinski definition) is 5. The van der Waals surface area contributed by atoms with Crippen LogP contribution in [0.1, 0.15) is 46.5 Å². The Morgan fingerprint density at radius 3 is 2.55 bits per heavy atom. The summed E-state index contributed by atoms with van der Waals surface area (Å²) in [6.45, 7) is 6.00. The van der Waals surface area contributed by atoms with Crippen LogP contribution in [0, 0.1) is 0 Å². The van der Waals surface area contributed by atoms with Crippen LogP contribution in [-0.4, -0.2) is 43.5 Å². The van der Waals surface area contributed by atoms with Gasteiger partial charge in [0.05, 0.1) is 13.2 Å². The molecule has 6 heteroatoms. The van der Waals surface area contributed by atoms with E-state index in [1.54, 1.807) is 20.8 Å². The molecule has 0 aromatic rings. The lowest BCUT2D eigenvalue weighted by atomic mass is 10.0. The summed E-state index contributed by atoms with van der Waals surface area (Å²) < 4.78 is 15.5. The second-order valence-electron chi connectivity index (χ2n) is 5.95. The highest BCUT2D eigenvalue weighted by Crippen LogP contribution is 2.18. The van der Waals surface area contributed by atoms with E-state index in [9.17, 15) is 9.59 Å². The summed E-state index contributed by atoms with van der Waals surface area (Å²) in [6.07, 6.45) is 2.77. The highest BCUT2D eigenvalue weighted by atomic mass is 16.6. The summed E-state index contributed by atoms with van der Waals surface area (Å²) in [5.41, 5.74) is -0.605. The molecule has 116 valence electrons. The zero-order valence-electron chi connectivity index (χ0n) is 12.7. The Balaban J connectivity index is 2.55. The van der Waals surface area contributed by atoms with Gasteiger partial charge in [-0.2, -0.15) is 0 Å². The zero-order chi connectivity index (χ0) is 15.2. The van der Waals surface area contributed by atoms with Gasteiger partial charge in [0.2, 0.25) is 0 Å². The minimum absolute atomic E-state index is 0.0252. The molecule has 1 aliphatic heterocycles. The molecule has 6 nitrogen and oxygen atoms in total. The van der Waals surface area contributed by atoms with E-state index < -0.39 is 23.7 Å². The van der Waals surface area contributed by atoms with Crippen LogP contribution < -0.4 is 5.32 Å². The van der Waals surface area contributed by atoms with Crippen LogP contribution in [-0.2, 0) is 19.0 Å². The number of ether oxygens (including phenoxy) is 3. The summed E-state index contributed by atoms with van der Waals surface area (Å²) in [4.78, 5) is 23.5. The van der Waals surface area contributed by atoms with Crippen molar-refractivity contribution in [3.05, 3.63) is 0 Å². The lowest BCUT2D eigenvalue weighted by Gasteiger charge is -2.27. The van der Waals surface area contributed by atoms with Gasteiger partial charge in [-0.1, -0.05) is 0 Å². The largest absolute Gasteiger partial charge is 0.467 e. The van der Waals surface area contributed by atoms with Crippen LogP contribution >= 0.6 is 0 Å². The summed E-state index contributed by atoms with van der Waals surface area (Å²) in [5, 5.41) is 2.56. The number of rotatable bonds is 4. The number of esters is 1. The van der Waals surface area contributed by atoms with Gasteiger partial charge in [0.1, 0.15) is 11.6 Å². The van der Waals surface area contributed by atoms with E-state index >= 15 is 0 Å². The van der Waals surface area contributed by atoms with Gasteiger partial charge in [-0.15, -0.1) is 0 Å². The van der Waals surface area contributed by atoms with E-state index in [0.717, 1.165) is 19.3 Å². The molecule has 1 fully saturated rings. The maximum Gasteiger partial charge on any atom is 0.408 e. The Labute approximate surface area is 120 Å². The Morgan fingerprint density at radius 1 is 1.35 bits per heavy atom. The third-order valence-corrected chi connectivity index (χ3v) is 2.95. The topological polar surface area (TPSA) is 73.9 Å². The number of alkyl carbamates (subject to hydrolysis) is 1. The van der Waals surface area contributed by atoms with Crippen molar-refractivity contribution >= 4 is 12.1 Å². The first kappa shape index (κ1) is 16.8. The van der Waals surface area contributed by atoms with Gasteiger partial charge in [0.25, 0.3) is 0 Å². The van der Waals surface area contributed by atoms with Crippen LogP contribution in [0.4, 0.5) is 4.79 Å². The molecule has 1 aliphatic rings. The Hall–Kier alpha value is -1.30. The minimum atomic E-state index is -0.738. The standard InChI is InChI=1S/C14H25NO5/c1-14(2,3)20-13(17)15-11(12(16)18-4)9-10-7-5-6-8-19-10/h10-11H,5-9H2,1-4H3,(H,15,17). The fraction of sp³-hybridized carbons (Fsp3) is 0.857. The monoisotopic (exact) mass is 287 g/mol. The molecule has 0 spiro atoms. The Kier molecular flexibility index (Phi) is 6.26. The van der Waals surface area contributed by atoms with E-state index in [2.05, 4.69) is 5.32 Å². The van der Waals surface area contributed by atoms with Crippen molar-refractivity contribution in [2.24, 2.45) is 0 Å². The molecule has 0 aromatic heterocycles. The second-order valence-corrected chi connectivity index (χ2v) is 5.95. The van der Waals surface area contributed by atoms with E-state index in [1.807, 2.05) is 0 Å². The predicted octanol–water partition coefficient (Wildman–Crippen LogP) is 2.01. The van der Waals surface area contributed by atoms with E-state index in [0.29, 0.717) is 13.0 Å². The SMILES string of the molecule is COC(=O)C(CC1CCCCO1)NC(=O)OC(C)(C)C. The second kappa shape index (κ2) is 7.47. The van der Waals surface area contributed by atoms with Crippen molar-refractivity contribution in [1.29, 1.82) is 0 Å². The molecule has 1 N–H and O–H groups in total. The molecule has 0 radical (unpaired) electrons. The molecule has 20 heavy (non-hydrogen) atoms. The quantitative estimate of drug-likeness (QED) is 0.801. The van der Waals surface area contributed by atoms with Gasteiger partial charge in [-0.25, -0.2) is 9.59 Å². The van der Waals surface area contributed by atoms with E-state index in [-0.39, 0.29) is 6.10 Å². The zero-order valence-corrected chi connectivity index (χ0v) is 12.7. The number of methoxy groups -OCH3 is 1. The van der Waals surface area contributed by atoms with Crippen LogP contribution in [0.5, 0.6) is 0 Å². The van der Waals surface area contributed by atoms with Gasteiger partial charge in [0, 0.05) is 13.0 Å². The highest BCUT2D eigenvalue weighted by molar-refractivity contribution is 5.81. The first-order valence-corrected chi connectivity index (χ1v) is 7.01. The van der Waals surface area contributed by atoms with Gasteiger partial charge in [0.15, 0.2) is 0 Å². The highest BCUT2D eigenvalue weighted by Gasteiger charge is 2.28. The smallest absolute Gasteiger partial charge is 0.408 e.